The van der Waals surface area contributed by atoms with Crippen LogP contribution in [0.5, 0.6) is 0 Å². The number of hydrogen-bond donors (Lipinski definition) is 0. The second-order valence-corrected chi connectivity index (χ2v) is 9.47. The monoisotopic (exact) mass is 385 g/mol. The van der Waals surface area contributed by atoms with Crippen LogP contribution in [0.1, 0.15) is 59.4 Å². The first-order chi connectivity index (χ1) is 12.7. The maximum Gasteiger partial charge on any atom is 0.253 e. The van der Waals surface area contributed by atoms with Crippen LogP contribution in [-0.4, -0.2) is 46.9 Å². The summed E-state index contributed by atoms with van der Waals surface area (Å²) in [6, 6.07) is 6.02. The van der Waals surface area contributed by atoms with Crippen LogP contribution in [0.3, 0.4) is 0 Å². The third-order valence-corrected chi connectivity index (χ3v) is 6.53. The molecule has 0 aliphatic carbocycles. The number of carbonyl (C=O) groups excluding carboxylic acids is 1. The summed E-state index contributed by atoms with van der Waals surface area (Å²) in [4.78, 5) is 22.1. The van der Waals surface area contributed by atoms with Gasteiger partial charge < -0.3 is 4.90 Å². The fourth-order valence-electron chi connectivity index (χ4n) is 3.34. The van der Waals surface area contributed by atoms with Gasteiger partial charge in [-0.15, -0.1) is 11.3 Å². The number of amides is 1. The van der Waals surface area contributed by atoms with Crippen LogP contribution in [0.4, 0.5) is 0 Å². The Morgan fingerprint density at radius 2 is 1.89 bits per heavy atom. The van der Waals surface area contributed by atoms with Gasteiger partial charge in [0.15, 0.2) is 0 Å². The summed E-state index contributed by atoms with van der Waals surface area (Å²) in [6.45, 7) is 15.2. The number of nitrogens with zero attached hydrogens (tertiary/aromatic N) is 3. The highest BCUT2D eigenvalue weighted by Crippen LogP contribution is 2.26. The first-order valence-corrected chi connectivity index (χ1v) is 10.7. The van der Waals surface area contributed by atoms with Crippen molar-refractivity contribution < 1.29 is 4.79 Å². The summed E-state index contributed by atoms with van der Waals surface area (Å²) in [5.74, 6) is 0.156. The smallest absolute Gasteiger partial charge is 0.253 e. The minimum Gasteiger partial charge on any atom is -0.337 e. The standard InChI is InChI=1S/C22H31N3OS/c1-16-7-8-18(13-17(16)2)20(26)25-10-6-9-24(11-12-25)14-19-15-27-21(23-19)22(3,4)5/h7-8,13,15H,6,9-12,14H2,1-5H3. The molecule has 2 aromatic rings. The first kappa shape index (κ1) is 20.0. The molecule has 2 heterocycles. The van der Waals surface area contributed by atoms with E-state index in [-0.39, 0.29) is 11.3 Å². The molecule has 1 aliphatic heterocycles. The van der Waals surface area contributed by atoms with Crippen molar-refractivity contribution in [1.82, 2.24) is 14.8 Å². The predicted molar refractivity (Wildman–Crippen MR) is 113 cm³/mol. The Kier molecular flexibility index (Phi) is 6.02. The molecule has 0 unspecified atom stereocenters. The lowest BCUT2D eigenvalue weighted by Crippen LogP contribution is -2.35. The van der Waals surface area contributed by atoms with E-state index in [0.717, 1.165) is 50.4 Å². The van der Waals surface area contributed by atoms with Crippen LogP contribution in [0, 0.1) is 13.8 Å². The molecule has 4 nitrogen and oxygen atoms in total. The number of hydrogen-bond acceptors (Lipinski definition) is 4. The van der Waals surface area contributed by atoms with Crippen LogP contribution in [0.15, 0.2) is 23.6 Å². The normalized spacial score (nSPS) is 16.4. The second kappa shape index (κ2) is 8.11. The fourth-order valence-corrected chi connectivity index (χ4v) is 4.24. The number of thiazole rings is 1. The zero-order valence-corrected chi connectivity index (χ0v) is 18.0. The highest BCUT2D eigenvalue weighted by Gasteiger charge is 2.22. The molecule has 0 radical (unpaired) electrons. The average Bonchev–Trinajstić information content (AvgIpc) is 2.96. The molecule has 1 aliphatic rings. The van der Waals surface area contributed by atoms with E-state index in [4.69, 9.17) is 4.98 Å². The van der Waals surface area contributed by atoms with Crippen LogP contribution < -0.4 is 0 Å². The summed E-state index contributed by atoms with van der Waals surface area (Å²) >= 11 is 1.75. The molecular weight excluding hydrogens is 354 g/mol. The maximum absolute atomic E-state index is 12.9. The molecule has 1 fully saturated rings. The third kappa shape index (κ3) is 4.96. The molecule has 0 N–H and O–H groups in total. The van der Waals surface area contributed by atoms with Gasteiger partial charge in [0.25, 0.3) is 5.91 Å². The fraction of sp³-hybridized carbons (Fsp3) is 0.545. The Bertz CT molecular complexity index is 806. The van der Waals surface area contributed by atoms with Crippen molar-refractivity contribution in [2.24, 2.45) is 0 Å². The highest BCUT2D eigenvalue weighted by atomic mass is 32.1. The number of aryl methyl sites for hydroxylation is 2. The minimum atomic E-state index is 0.108. The zero-order chi connectivity index (χ0) is 19.6. The number of aromatic nitrogens is 1. The number of carbonyl (C=O) groups is 1. The van der Waals surface area contributed by atoms with Gasteiger partial charge in [0, 0.05) is 49.1 Å². The molecule has 0 atom stereocenters. The van der Waals surface area contributed by atoms with Crippen LogP contribution >= 0.6 is 11.3 Å². The molecule has 27 heavy (non-hydrogen) atoms. The van der Waals surface area contributed by atoms with Crippen molar-refractivity contribution >= 4 is 17.2 Å². The molecule has 1 amide bonds. The quantitative estimate of drug-likeness (QED) is 0.785. The average molecular weight is 386 g/mol. The number of benzene rings is 1. The molecule has 5 heteroatoms. The van der Waals surface area contributed by atoms with Crippen molar-refractivity contribution in [3.8, 4) is 0 Å². The highest BCUT2D eigenvalue weighted by molar-refractivity contribution is 7.09. The van der Waals surface area contributed by atoms with Gasteiger partial charge in [-0.1, -0.05) is 26.8 Å². The zero-order valence-electron chi connectivity index (χ0n) is 17.2. The van der Waals surface area contributed by atoms with Crippen LogP contribution in [0.2, 0.25) is 0 Å². The molecular formula is C22H31N3OS. The van der Waals surface area contributed by atoms with Crippen LogP contribution in [0.25, 0.3) is 0 Å². The molecule has 0 bridgehead atoms. The molecule has 3 rings (SSSR count). The van der Waals surface area contributed by atoms with E-state index < -0.39 is 0 Å². The summed E-state index contributed by atoms with van der Waals surface area (Å²) < 4.78 is 0. The van der Waals surface area contributed by atoms with Gasteiger partial charge in [0.2, 0.25) is 0 Å². The summed E-state index contributed by atoms with van der Waals surface area (Å²) in [6.07, 6.45) is 1.01. The first-order valence-electron chi connectivity index (χ1n) is 9.78. The third-order valence-electron chi connectivity index (χ3n) is 5.21. The second-order valence-electron chi connectivity index (χ2n) is 8.61. The molecule has 0 spiro atoms. The Balaban J connectivity index is 1.60. The van der Waals surface area contributed by atoms with E-state index in [2.05, 4.69) is 44.9 Å². The van der Waals surface area contributed by atoms with Gasteiger partial charge in [-0.3, -0.25) is 9.69 Å². The van der Waals surface area contributed by atoms with Gasteiger partial charge in [-0.05, 0) is 43.5 Å². The Labute approximate surface area is 167 Å². The molecule has 1 aromatic carbocycles. The molecule has 0 saturated carbocycles. The van der Waals surface area contributed by atoms with Crippen molar-refractivity contribution in [2.45, 2.75) is 53.0 Å². The lowest BCUT2D eigenvalue weighted by atomic mass is 9.98. The Morgan fingerprint density at radius 1 is 1.11 bits per heavy atom. The van der Waals surface area contributed by atoms with E-state index >= 15 is 0 Å². The van der Waals surface area contributed by atoms with Gasteiger partial charge in [0.05, 0.1) is 10.7 Å². The van der Waals surface area contributed by atoms with Gasteiger partial charge in [-0.2, -0.15) is 0 Å². The predicted octanol–water partition coefficient (Wildman–Crippen LogP) is 4.41. The minimum absolute atomic E-state index is 0.108. The van der Waals surface area contributed by atoms with Crippen molar-refractivity contribution in [3.63, 3.8) is 0 Å². The summed E-state index contributed by atoms with van der Waals surface area (Å²) in [5.41, 5.74) is 4.47. The SMILES string of the molecule is Cc1ccc(C(=O)N2CCCN(Cc3csc(C(C)(C)C)n3)CC2)cc1C. The van der Waals surface area contributed by atoms with E-state index in [1.807, 2.05) is 23.1 Å². The van der Waals surface area contributed by atoms with Crippen molar-refractivity contribution in [2.75, 3.05) is 26.2 Å². The number of rotatable bonds is 3. The molecule has 1 aromatic heterocycles. The Hall–Kier alpha value is -1.72. The molecule has 146 valence electrons. The lowest BCUT2D eigenvalue weighted by molar-refractivity contribution is 0.0761. The van der Waals surface area contributed by atoms with E-state index in [1.54, 1.807) is 11.3 Å². The Morgan fingerprint density at radius 3 is 2.56 bits per heavy atom. The van der Waals surface area contributed by atoms with Crippen molar-refractivity contribution in [1.29, 1.82) is 0 Å². The van der Waals surface area contributed by atoms with E-state index in [1.165, 1.54) is 16.1 Å². The topological polar surface area (TPSA) is 36.4 Å². The van der Waals surface area contributed by atoms with E-state index in [9.17, 15) is 4.79 Å². The van der Waals surface area contributed by atoms with Gasteiger partial charge in [-0.25, -0.2) is 4.98 Å². The van der Waals surface area contributed by atoms with Gasteiger partial charge >= 0.3 is 0 Å². The molecule has 1 saturated heterocycles. The largest absolute Gasteiger partial charge is 0.337 e. The lowest BCUT2D eigenvalue weighted by Gasteiger charge is -2.22. The van der Waals surface area contributed by atoms with E-state index in [0.29, 0.717) is 0 Å². The summed E-state index contributed by atoms with van der Waals surface area (Å²) in [5, 5.41) is 3.38. The summed E-state index contributed by atoms with van der Waals surface area (Å²) in [7, 11) is 0. The maximum atomic E-state index is 12.9. The van der Waals surface area contributed by atoms with Gasteiger partial charge in [0.1, 0.15) is 0 Å². The van der Waals surface area contributed by atoms with Crippen LogP contribution in [-0.2, 0) is 12.0 Å². The van der Waals surface area contributed by atoms with Crippen molar-refractivity contribution in [3.05, 3.63) is 51.0 Å².